The minimum absolute atomic E-state index is 0.175. The maximum atomic E-state index is 11.6. The number of hydrogen-bond donors (Lipinski definition) is 1. The highest BCUT2D eigenvalue weighted by atomic mass is 79.9. The monoisotopic (exact) mass is 282 g/mol. The van der Waals surface area contributed by atoms with Crippen LogP contribution in [-0.2, 0) is 7.05 Å². The Morgan fingerprint density at radius 3 is 2.62 bits per heavy atom. The Morgan fingerprint density at radius 2 is 2.12 bits per heavy atom. The van der Waals surface area contributed by atoms with Crippen LogP contribution in [0.3, 0.4) is 0 Å². The van der Waals surface area contributed by atoms with Crippen molar-refractivity contribution in [1.29, 1.82) is 0 Å². The SMILES string of the molecule is Cc1nc(-c2cnn(C)c2C)[nH]c(=O)c1Br. The van der Waals surface area contributed by atoms with E-state index in [1.165, 1.54) is 0 Å². The Morgan fingerprint density at radius 1 is 1.44 bits per heavy atom. The lowest BCUT2D eigenvalue weighted by molar-refractivity contribution is 0.740. The molecular formula is C10H11BrN4O. The van der Waals surface area contributed by atoms with E-state index >= 15 is 0 Å². The summed E-state index contributed by atoms with van der Waals surface area (Å²) in [7, 11) is 1.85. The van der Waals surface area contributed by atoms with Crippen molar-refractivity contribution in [2.45, 2.75) is 13.8 Å². The lowest BCUT2D eigenvalue weighted by Crippen LogP contribution is -2.12. The van der Waals surface area contributed by atoms with Crippen molar-refractivity contribution in [3.8, 4) is 11.4 Å². The number of nitrogens with zero attached hydrogens (tertiary/aromatic N) is 3. The van der Waals surface area contributed by atoms with Crippen LogP contribution in [0.5, 0.6) is 0 Å². The third-order valence-electron chi connectivity index (χ3n) is 2.52. The van der Waals surface area contributed by atoms with Crippen LogP contribution in [0.2, 0.25) is 0 Å². The Balaban J connectivity index is 2.66. The molecule has 0 aromatic carbocycles. The van der Waals surface area contributed by atoms with Crippen molar-refractivity contribution in [2.24, 2.45) is 7.05 Å². The Labute approximate surface area is 101 Å². The number of aromatic amines is 1. The van der Waals surface area contributed by atoms with Crippen molar-refractivity contribution in [3.05, 3.63) is 32.4 Å². The van der Waals surface area contributed by atoms with Crippen molar-refractivity contribution < 1.29 is 0 Å². The van der Waals surface area contributed by atoms with E-state index in [0.717, 1.165) is 11.3 Å². The van der Waals surface area contributed by atoms with Crippen LogP contribution in [0.15, 0.2) is 15.5 Å². The van der Waals surface area contributed by atoms with E-state index in [2.05, 4.69) is 31.0 Å². The second kappa shape index (κ2) is 3.86. The highest BCUT2D eigenvalue weighted by Crippen LogP contribution is 2.19. The molecule has 5 nitrogen and oxygen atoms in total. The average Bonchev–Trinajstić information content (AvgIpc) is 2.56. The van der Waals surface area contributed by atoms with E-state index in [-0.39, 0.29) is 5.56 Å². The van der Waals surface area contributed by atoms with E-state index in [9.17, 15) is 4.79 Å². The van der Waals surface area contributed by atoms with Gasteiger partial charge >= 0.3 is 0 Å². The third kappa shape index (κ3) is 1.69. The molecule has 0 unspecified atom stereocenters. The summed E-state index contributed by atoms with van der Waals surface area (Å²) in [6, 6.07) is 0. The number of nitrogens with one attached hydrogen (secondary N) is 1. The fourth-order valence-electron chi connectivity index (χ4n) is 1.43. The number of rotatable bonds is 1. The Kier molecular flexibility index (Phi) is 2.67. The molecule has 0 aliphatic carbocycles. The quantitative estimate of drug-likeness (QED) is 0.863. The molecule has 1 N–H and O–H groups in total. The van der Waals surface area contributed by atoms with Crippen LogP contribution >= 0.6 is 15.9 Å². The van der Waals surface area contributed by atoms with E-state index < -0.39 is 0 Å². The smallest absolute Gasteiger partial charge is 0.265 e. The third-order valence-corrected chi connectivity index (χ3v) is 3.45. The molecule has 16 heavy (non-hydrogen) atoms. The second-order valence-corrected chi connectivity index (χ2v) is 4.37. The maximum absolute atomic E-state index is 11.6. The molecule has 6 heteroatoms. The number of aromatic nitrogens is 4. The van der Waals surface area contributed by atoms with Crippen LogP contribution in [-0.4, -0.2) is 19.7 Å². The largest absolute Gasteiger partial charge is 0.305 e. The first-order chi connectivity index (χ1) is 7.50. The van der Waals surface area contributed by atoms with E-state index in [1.807, 2.05) is 14.0 Å². The number of H-pyrrole nitrogens is 1. The second-order valence-electron chi connectivity index (χ2n) is 3.58. The first kappa shape index (κ1) is 11.1. The van der Waals surface area contributed by atoms with Gasteiger partial charge in [0.1, 0.15) is 10.3 Å². The van der Waals surface area contributed by atoms with Gasteiger partial charge in [-0.3, -0.25) is 9.48 Å². The number of hydrogen-bond acceptors (Lipinski definition) is 3. The predicted molar refractivity (Wildman–Crippen MR) is 64.2 cm³/mol. The summed E-state index contributed by atoms with van der Waals surface area (Å²) >= 11 is 3.18. The molecule has 0 radical (unpaired) electrons. The van der Waals surface area contributed by atoms with Gasteiger partial charge in [-0.1, -0.05) is 0 Å². The summed E-state index contributed by atoms with van der Waals surface area (Å²) in [4.78, 5) is 18.6. The predicted octanol–water partition coefficient (Wildman–Crippen LogP) is 1.55. The van der Waals surface area contributed by atoms with Gasteiger partial charge in [0.15, 0.2) is 0 Å². The molecule has 2 aromatic rings. The zero-order valence-corrected chi connectivity index (χ0v) is 10.8. The van der Waals surface area contributed by atoms with Gasteiger partial charge in [0.2, 0.25) is 0 Å². The minimum atomic E-state index is -0.175. The lowest BCUT2D eigenvalue weighted by Gasteiger charge is -2.02. The molecule has 0 aliphatic rings. The average molecular weight is 283 g/mol. The summed E-state index contributed by atoms with van der Waals surface area (Å²) in [5.74, 6) is 0.552. The van der Waals surface area contributed by atoms with Gasteiger partial charge in [0.25, 0.3) is 5.56 Å². The molecule has 0 amide bonds. The summed E-state index contributed by atoms with van der Waals surface area (Å²) in [6.45, 7) is 3.72. The fraction of sp³-hybridized carbons (Fsp3) is 0.300. The van der Waals surface area contributed by atoms with Crippen LogP contribution in [0.4, 0.5) is 0 Å². The normalized spacial score (nSPS) is 10.8. The summed E-state index contributed by atoms with van der Waals surface area (Å²) in [6.07, 6.45) is 1.70. The minimum Gasteiger partial charge on any atom is -0.305 e. The summed E-state index contributed by atoms with van der Waals surface area (Å²) in [5, 5.41) is 4.12. The molecule has 0 fully saturated rings. The van der Waals surface area contributed by atoms with Crippen LogP contribution in [0, 0.1) is 13.8 Å². The van der Waals surface area contributed by atoms with E-state index in [1.54, 1.807) is 17.8 Å². The van der Waals surface area contributed by atoms with Crippen molar-refractivity contribution >= 4 is 15.9 Å². The van der Waals surface area contributed by atoms with E-state index in [4.69, 9.17) is 0 Å². The zero-order chi connectivity index (χ0) is 11.9. The molecule has 0 bridgehead atoms. The number of halogens is 1. The Bertz CT molecular complexity index is 599. The molecule has 2 heterocycles. The van der Waals surface area contributed by atoms with Gasteiger partial charge in [-0.25, -0.2) is 4.98 Å². The highest BCUT2D eigenvalue weighted by Gasteiger charge is 2.11. The molecule has 0 saturated carbocycles. The van der Waals surface area contributed by atoms with Crippen molar-refractivity contribution in [1.82, 2.24) is 19.7 Å². The molecule has 2 aromatic heterocycles. The standard InChI is InChI=1S/C10H11BrN4O/c1-5-8(11)10(16)14-9(13-5)7-4-12-15(3)6(7)2/h4H,1-3H3,(H,13,14,16). The highest BCUT2D eigenvalue weighted by molar-refractivity contribution is 9.10. The lowest BCUT2D eigenvalue weighted by atomic mass is 10.2. The maximum Gasteiger partial charge on any atom is 0.265 e. The van der Waals surface area contributed by atoms with Gasteiger partial charge in [-0.05, 0) is 29.8 Å². The molecule has 0 spiro atoms. The number of aryl methyl sites for hydroxylation is 2. The van der Waals surface area contributed by atoms with Crippen molar-refractivity contribution in [3.63, 3.8) is 0 Å². The molecule has 0 aliphatic heterocycles. The van der Waals surface area contributed by atoms with Gasteiger partial charge in [0, 0.05) is 12.7 Å². The van der Waals surface area contributed by atoms with Crippen LogP contribution in [0.25, 0.3) is 11.4 Å². The van der Waals surface area contributed by atoms with Crippen molar-refractivity contribution in [2.75, 3.05) is 0 Å². The Hall–Kier alpha value is -1.43. The van der Waals surface area contributed by atoms with E-state index in [0.29, 0.717) is 16.0 Å². The topological polar surface area (TPSA) is 63.6 Å². The molecule has 0 saturated heterocycles. The molecular weight excluding hydrogens is 272 g/mol. The van der Waals surface area contributed by atoms with Gasteiger partial charge in [-0.2, -0.15) is 5.10 Å². The van der Waals surface area contributed by atoms with Crippen LogP contribution < -0.4 is 5.56 Å². The fourth-order valence-corrected chi connectivity index (χ4v) is 1.62. The van der Waals surface area contributed by atoms with Gasteiger partial charge in [-0.15, -0.1) is 0 Å². The van der Waals surface area contributed by atoms with Crippen LogP contribution in [0.1, 0.15) is 11.4 Å². The molecule has 2 rings (SSSR count). The van der Waals surface area contributed by atoms with Gasteiger partial charge in [0.05, 0.1) is 17.5 Å². The molecule has 84 valence electrons. The summed E-state index contributed by atoms with van der Waals surface area (Å²) in [5.41, 5.74) is 2.30. The molecule has 0 atom stereocenters. The summed E-state index contributed by atoms with van der Waals surface area (Å²) < 4.78 is 2.21. The zero-order valence-electron chi connectivity index (χ0n) is 9.21. The first-order valence-corrected chi connectivity index (χ1v) is 5.55. The van der Waals surface area contributed by atoms with Gasteiger partial charge < -0.3 is 4.98 Å². The first-order valence-electron chi connectivity index (χ1n) is 4.76.